The zero-order valence-electron chi connectivity index (χ0n) is 10.5. The standard InChI is InChI=1S/C9H17N5O3S/c1-5(2)14-8(16)12-13-9(14)18-6(4-17-3)7(15)11-10/h5-6H,4,10H2,1-3H3,(H,11,15)(H,12,16). The molecule has 0 saturated carbocycles. The van der Waals surface area contributed by atoms with Crippen LogP contribution < -0.4 is 17.0 Å². The van der Waals surface area contributed by atoms with Crippen molar-refractivity contribution in [3.63, 3.8) is 0 Å². The molecule has 0 fully saturated rings. The third-order valence-electron chi connectivity index (χ3n) is 2.19. The Kier molecular flexibility index (Phi) is 5.38. The molecule has 0 aliphatic carbocycles. The third-order valence-corrected chi connectivity index (χ3v) is 3.32. The van der Waals surface area contributed by atoms with Gasteiger partial charge in [0.15, 0.2) is 5.16 Å². The fraction of sp³-hybridized carbons (Fsp3) is 0.667. The van der Waals surface area contributed by atoms with E-state index in [1.165, 1.54) is 11.7 Å². The number of carbonyl (C=O) groups excluding carboxylic acids is 1. The van der Waals surface area contributed by atoms with Gasteiger partial charge < -0.3 is 4.74 Å². The minimum Gasteiger partial charge on any atom is -0.383 e. The first-order valence-corrected chi connectivity index (χ1v) is 6.22. The van der Waals surface area contributed by atoms with Crippen LogP contribution in [0.2, 0.25) is 0 Å². The summed E-state index contributed by atoms with van der Waals surface area (Å²) in [6, 6.07) is -0.0529. The molecule has 0 saturated heterocycles. The number of aromatic amines is 1. The van der Waals surface area contributed by atoms with E-state index in [9.17, 15) is 9.59 Å². The van der Waals surface area contributed by atoms with E-state index in [2.05, 4.69) is 15.6 Å². The predicted octanol–water partition coefficient (Wildman–Crippen LogP) is -0.751. The average Bonchev–Trinajstić information content (AvgIpc) is 2.69. The minimum atomic E-state index is -0.562. The molecule has 1 unspecified atom stereocenters. The van der Waals surface area contributed by atoms with Crippen LogP contribution in [0.1, 0.15) is 19.9 Å². The first-order valence-electron chi connectivity index (χ1n) is 5.34. The van der Waals surface area contributed by atoms with Crippen molar-refractivity contribution >= 4 is 17.7 Å². The molecule has 1 atom stereocenters. The Morgan fingerprint density at radius 3 is 2.83 bits per heavy atom. The lowest BCUT2D eigenvalue weighted by Crippen LogP contribution is -2.39. The van der Waals surface area contributed by atoms with Crippen LogP contribution in [0.25, 0.3) is 0 Å². The quantitative estimate of drug-likeness (QED) is 0.272. The molecule has 8 nitrogen and oxygen atoms in total. The summed E-state index contributed by atoms with van der Waals surface area (Å²) in [6.07, 6.45) is 0. The van der Waals surface area contributed by atoms with Crippen LogP contribution in [0, 0.1) is 0 Å². The third kappa shape index (κ3) is 3.34. The van der Waals surface area contributed by atoms with Gasteiger partial charge in [0.1, 0.15) is 5.25 Å². The van der Waals surface area contributed by atoms with Gasteiger partial charge in [0.25, 0.3) is 0 Å². The second-order valence-electron chi connectivity index (χ2n) is 3.85. The molecule has 0 aromatic carbocycles. The van der Waals surface area contributed by atoms with Gasteiger partial charge in [-0.05, 0) is 13.8 Å². The Labute approximate surface area is 108 Å². The first-order chi connectivity index (χ1) is 8.51. The molecule has 0 spiro atoms. The van der Waals surface area contributed by atoms with E-state index in [4.69, 9.17) is 10.6 Å². The topological polar surface area (TPSA) is 115 Å². The maximum Gasteiger partial charge on any atom is 0.344 e. The zero-order valence-corrected chi connectivity index (χ0v) is 11.3. The van der Waals surface area contributed by atoms with E-state index in [1.54, 1.807) is 0 Å². The molecule has 0 bridgehead atoms. The maximum atomic E-state index is 11.5. The average molecular weight is 275 g/mol. The largest absolute Gasteiger partial charge is 0.383 e. The van der Waals surface area contributed by atoms with E-state index < -0.39 is 5.25 Å². The lowest BCUT2D eigenvalue weighted by atomic mass is 10.4. The highest BCUT2D eigenvalue weighted by Crippen LogP contribution is 2.22. The van der Waals surface area contributed by atoms with Gasteiger partial charge in [0.2, 0.25) is 5.91 Å². The summed E-state index contributed by atoms with van der Waals surface area (Å²) in [7, 11) is 1.48. The van der Waals surface area contributed by atoms with E-state index in [1.807, 2.05) is 13.8 Å². The Morgan fingerprint density at radius 2 is 2.33 bits per heavy atom. The van der Waals surface area contributed by atoms with Crippen molar-refractivity contribution in [1.82, 2.24) is 20.2 Å². The SMILES string of the molecule is COCC(Sc1n[nH]c(=O)n1C(C)C)C(=O)NN. The Bertz CT molecular complexity index is 455. The Morgan fingerprint density at radius 1 is 1.67 bits per heavy atom. The van der Waals surface area contributed by atoms with Crippen LogP contribution in [0.15, 0.2) is 9.95 Å². The molecular weight excluding hydrogens is 258 g/mol. The highest BCUT2D eigenvalue weighted by Gasteiger charge is 2.23. The van der Waals surface area contributed by atoms with Gasteiger partial charge in [-0.1, -0.05) is 11.8 Å². The monoisotopic (exact) mass is 275 g/mol. The van der Waals surface area contributed by atoms with Crippen molar-refractivity contribution in [2.45, 2.75) is 30.3 Å². The minimum absolute atomic E-state index is 0.0529. The number of nitrogens with one attached hydrogen (secondary N) is 2. The number of amides is 1. The van der Waals surface area contributed by atoms with Crippen LogP contribution in [0.4, 0.5) is 0 Å². The van der Waals surface area contributed by atoms with Crippen LogP contribution in [0.5, 0.6) is 0 Å². The molecule has 102 valence electrons. The number of hydrogen-bond donors (Lipinski definition) is 3. The number of carbonyl (C=O) groups is 1. The van der Waals surface area contributed by atoms with Gasteiger partial charge in [0.05, 0.1) is 6.61 Å². The van der Waals surface area contributed by atoms with Crippen molar-refractivity contribution in [1.29, 1.82) is 0 Å². The molecule has 0 aliphatic rings. The zero-order chi connectivity index (χ0) is 13.7. The van der Waals surface area contributed by atoms with E-state index in [-0.39, 0.29) is 24.2 Å². The normalized spacial score (nSPS) is 12.7. The number of aromatic nitrogens is 3. The summed E-state index contributed by atoms with van der Waals surface area (Å²) >= 11 is 1.13. The summed E-state index contributed by atoms with van der Waals surface area (Å²) in [5, 5.41) is 6.11. The summed E-state index contributed by atoms with van der Waals surface area (Å²) in [5.74, 6) is 4.71. The number of nitrogens with two attached hydrogens (primary N) is 1. The maximum absolute atomic E-state index is 11.5. The van der Waals surface area contributed by atoms with Crippen LogP contribution >= 0.6 is 11.8 Å². The molecular formula is C9H17N5O3S. The van der Waals surface area contributed by atoms with Gasteiger partial charge in [-0.3, -0.25) is 14.8 Å². The number of thioether (sulfide) groups is 1. The van der Waals surface area contributed by atoms with Gasteiger partial charge in [0, 0.05) is 13.2 Å². The van der Waals surface area contributed by atoms with E-state index in [0.717, 1.165) is 11.8 Å². The van der Waals surface area contributed by atoms with Crippen LogP contribution in [-0.2, 0) is 9.53 Å². The fourth-order valence-electron chi connectivity index (χ4n) is 1.36. The number of hydrazine groups is 1. The lowest BCUT2D eigenvalue weighted by molar-refractivity contribution is -0.121. The first kappa shape index (κ1) is 14.7. The van der Waals surface area contributed by atoms with Gasteiger partial charge in [-0.25, -0.2) is 15.7 Å². The number of ether oxygens (including phenoxy) is 1. The van der Waals surface area contributed by atoms with Crippen LogP contribution in [-0.4, -0.2) is 39.6 Å². The second kappa shape index (κ2) is 6.57. The van der Waals surface area contributed by atoms with Crippen molar-refractivity contribution < 1.29 is 9.53 Å². The van der Waals surface area contributed by atoms with Crippen molar-refractivity contribution in [2.75, 3.05) is 13.7 Å². The summed E-state index contributed by atoms with van der Waals surface area (Å²) in [5.41, 5.74) is 1.75. The molecule has 1 amide bonds. The Balaban J connectivity index is 2.94. The predicted molar refractivity (Wildman–Crippen MR) is 67.1 cm³/mol. The number of methoxy groups -OCH3 is 1. The Hall–Kier alpha value is -1.32. The fourth-order valence-corrected chi connectivity index (χ4v) is 2.50. The molecule has 0 radical (unpaired) electrons. The van der Waals surface area contributed by atoms with Gasteiger partial charge >= 0.3 is 5.69 Å². The lowest BCUT2D eigenvalue weighted by Gasteiger charge is -2.14. The number of hydrogen-bond acceptors (Lipinski definition) is 6. The van der Waals surface area contributed by atoms with Crippen molar-refractivity contribution in [2.24, 2.45) is 5.84 Å². The summed E-state index contributed by atoms with van der Waals surface area (Å²) in [6.45, 7) is 3.89. The molecule has 1 rings (SSSR count). The molecule has 0 aliphatic heterocycles. The van der Waals surface area contributed by atoms with E-state index >= 15 is 0 Å². The molecule has 1 aromatic rings. The highest BCUT2D eigenvalue weighted by molar-refractivity contribution is 8.00. The van der Waals surface area contributed by atoms with E-state index in [0.29, 0.717) is 5.16 Å². The van der Waals surface area contributed by atoms with Crippen molar-refractivity contribution in [3.05, 3.63) is 10.5 Å². The molecule has 18 heavy (non-hydrogen) atoms. The van der Waals surface area contributed by atoms with Gasteiger partial charge in [-0.2, -0.15) is 0 Å². The second-order valence-corrected chi connectivity index (χ2v) is 5.02. The molecule has 1 heterocycles. The number of H-pyrrole nitrogens is 1. The summed E-state index contributed by atoms with van der Waals surface area (Å²) in [4.78, 5) is 23.1. The molecule has 4 N–H and O–H groups in total. The highest BCUT2D eigenvalue weighted by atomic mass is 32.2. The van der Waals surface area contributed by atoms with Crippen molar-refractivity contribution in [3.8, 4) is 0 Å². The van der Waals surface area contributed by atoms with Gasteiger partial charge in [-0.15, -0.1) is 5.10 Å². The molecule has 9 heteroatoms. The smallest absolute Gasteiger partial charge is 0.344 e. The van der Waals surface area contributed by atoms with Crippen LogP contribution in [0.3, 0.4) is 0 Å². The summed E-state index contributed by atoms with van der Waals surface area (Å²) < 4.78 is 6.41. The molecule has 1 aromatic heterocycles. The number of rotatable bonds is 6. The number of nitrogens with zero attached hydrogens (tertiary/aromatic N) is 2.